The van der Waals surface area contributed by atoms with E-state index in [2.05, 4.69) is 460 Å². The highest BCUT2D eigenvalue weighted by Gasteiger charge is 2.22. The van der Waals surface area contributed by atoms with E-state index in [-0.39, 0.29) is 0 Å². The number of anilines is 9. The van der Waals surface area contributed by atoms with Crippen LogP contribution in [0.2, 0.25) is 0 Å². The van der Waals surface area contributed by atoms with Gasteiger partial charge in [-0.05, 0) is 321 Å². The summed E-state index contributed by atoms with van der Waals surface area (Å²) in [5.41, 5.74) is 28.8. The molecule has 21 aromatic carbocycles. The van der Waals surface area contributed by atoms with Gasteiger partial charge in [0.25, 0.3) is 0 Å². The van der Waals surface area contributed by atoms with Crippen LogP contribution in [-0.4, -0.2) is 29.3 Å². The minimum atomic E-state index is 0.555. The van der Waals surface area contributed by atoms with Gasteiger partial charge in [0.15, 0.2) is 17.6 Å². The van der Waals surface area contributed by atoms with E-state index in [0.717, 1.165) is 106 Å². The Morgan fingerprint density at radius 2 is 0.610 bits per heavy atom. The van der Waals surface area contributed by atoms with Gasteiger partial charge in [0.2, 0.25) is 5.89 Å². The minimum absolute atomic E-state index is 0.555. The van der Waals surface area contributed by atoms with Crippen LogP contribution in [0, 0.1) is 0 Å². The first-order valence-corrected chi connectivity index (χ1v) is 47.1. The highest BCUT2D eigenvalue weighted by molar-refractivity contribution is 7.22. The first kappa shape index (κ1) is 80.3. The van der Waals surface area contributed by atoms with E-state index in [1.165, 1.54) is 125 Å². The Morgan fingerprint density at radius 1 is 0.235 bits per heavy atom. The molecule has 0 radical (unpaired) electrons. The van der Waals surface area contributed by atoms with Gasteiger partial charge in [-0.25, -0.2) is 24.9 Å². The number of benzene rings is 21. The summed E-state index contributed by atoms with van der Waals surface area (Å²) in [7, 11) is 0. The fraction of sp³-hybridized carbons (Fsp3) is 0. The summed E-state index contributed by atoms with van der Waals surface area (Å²) >= 11 is 3.37. The summed E-state index contributed by atoms with van der Waals surface area (Å²) < 4.78 is 16.0. The molecule has 27 aromatic rings. The second-order valence-corrected chi connectivity index (χ2v) is 36.1. The summed E-state index contributed by atoms with van der Waals surface area (Å²) in [6.07, 6.45) is 5.54. The molecule has 13 heteroatoms. The van der Waals surface area contributed by atoms with E-state index >= 15 is 0 Å². The first-order chi connectivity index (χ1) is 67.2. The Morgan fingerprint density at radius 3 is 1.10 bits per heavy atom. The molecule has 0 atom stereocenters. The molecule has 0 amide bonds. The van der Waals surface area contributed by atoms with Crippen molar-refractivity contribution in [2.45, 2.75) is 0 Å². The van der Waals surface area contributed by atoms with Crippen LogP contribution in [0.4, 0.5) is 51.2 Å². The second kappa shape index (κ2) is 34.5. The number of thiazole rings is 2. The molecule has 6 heterocycles. The molecule has 11 nitrogen and oxygen atoms in total. The van der Waals surface area contributed by atoms with E-state index < -0.39 is 0 Å². The van der Waals surface area contributed by atoms with Crippen LogP contribution in [0.5, 0.6) is 0 Å². The Labute approximate surface area is 790 Å². The van der Waals surface area contributed by atoms with Crippen molar-refractivity contribution in [3.8, 4) is 66.7 Å². The third-order valence-corrected chi connectivity index (χ3v) is 27.6. The van der Waals surface area contributed by atoms with Crippen LogP contribution >= 0.6 is 22.7 Å². The third-order valence-electron chi connectivity index (χ3n) is 25.7. The van der Waals surface area contributed by atoms with Gasteiger partial charge in [0.05, 0.1) is 31.6 Å². The number of oxazole rings is 2. The summed E-state index contributed by atoms with van der Waals surface area (Å²) in [5, 5.41) is 18.5. The molecule has 0 bridgehead atoms. The Hall–Kier alpha value is -17.8. The highest BCUT2D eigenvalue weighted by Crippen LogP contribution is 2.45. The van der Waals surface area contributed by atoms with Crippen LogP contribution < -0.4 is 14.7 Å². The number of aromatic nitrogens is 6. The molecule has 0 aliphatic rings. The maximum absolute atomic E-state index is 6.15. The average molecular weight is 1780 g/mol. The quantitative estimate of drug-likeness (QED) is 0.0922. The summed E-state index contributed by atoms with van der Waals surface area (Å²) in [4.78, 5) is 30.1. The Balaban J connectivity index is 0.000000109. The zero-order valence-corrected chi connectivity index (χ0v) is 74.9. The predicted octanol–water partition coefficient (Wildman–Crippen LogP) is 34.7. The fourth-order valence-electron chi connectivity index (χ4n) is 18.7. The lowest BCUT2D eigenvalue weighted by Crippen LogP contribution is -2.09. The molecule has 0 saturated heterocycles. The van der Waals surface area contributed by atoms with E-state index in [0.29, 0.717) is 17.1 Å². The summed E-state index contributed by atoms with van der Waals surface area (Å²) in [6, 6.07) is 162. The monoisotopic (exact) mass is 1780 g/mol. The van der Waals surface area contributed by atoms with Crippen molar-refractivity contribution in [2.75, 3.05) is 14.7 Å². The van der Waals surface area contributed by atoms with Gasteiger partial charge in [-0.2, -0.15) is 0 Å². The fourth-order valence-corrected chi connectivity index (χ4v) is 20.4. The van der Waals surface area contributed by atoms with Gasteiger partial charge >= 0.3 is 0 Å². The molecular weight excluding hydrogens is 1700 g/mol. The lowest BCUT2D eigenvalue weighted by atomic mass is 9.98. The predicted molar refractivity (Wildman–Crippen MR) is 569 cm³/mol. The van der Waals surface area contributed by atoms with E-state index in [1.54, 1.807) is 22.7 Å². The molecular formula is C123H79N9O2S2. The van der Waals surface area contributed by atoms with Crippen molar-refractivity contribution in [3.63, 3.8) is 0 Å². The molecule has 0 unspecified atom stereocenters. The lowest BCUT2D eigenvalue weighted by molar-refractivity contribution is 0.602. The van der Waals surface area contributed by atoms with Crippen LogP contribution in [0.1, 0.15) is 0 Å². The number of nitrogens with zero attached hydrogens (tertiary/aromatic N) is 9. The average Bonchev–Trinajstić information content (AvgIpc) is 1.48. The number of hydrogen-bond donors (Lipinski definition) is 0. The molecule has 0 aliphatic carbocycles. The van der Waals surface area contributed by atoms with Gasteiger partial charge in [-0.1, -0.05) is 231 Å². The zero-order valence-electron chi connectivity index (χ0n) is 73.3. The largest absolute Gasteiger partial charge is 0.443 e. The lowest BCUT2D eigenvalue weighted by Gasteiger charge is -2.26. The van der Waals surface area contributed by atoms with E-state index in [9.17, 15) is 0 Å². The van der Waals surface area contributed by atoms with Gasteiger partial charge in [-0.15, -0.1) is 22.7 Å². The van der Waals surface area contributed by atoms with Crippen molar-refractivity contribution >= 4 is 198 Å². The van der Waals surface area contributed by atoms with E-state index in [4.69, 9.17) is 23.8 Å². The van der Waals surface area contributed by atoms with Gasteiger partial charge in [-0.3, -0.25) is 0 Å². The van der Waals surface area contributed by atoms with Gasteiger partial charge in [0, 0.05) is 92.4 Å². The molecule has 136 heavy (non-hydrogen) atoms. The van der Waals surface area contributed by atoms with Crippen molar-refractivity contribution in [1.82, 2.24) is 29.3 Å². The zero-order chi connectivity index (χ0) is 89.9. The first-order valence-electron chi connectivity index (χ1n) is 45.4. The normalized spacial score (nSPS) is 11.5. The van der Waals surface area contributed by atoms with Crippen molar-refractivity contribution in [1.29, 1.82) is 0 Å². The van der Waals surface area contributed by atoms with Crippen molar-refractivity contribution in [2.24, 2.45) is 0 Å². The molecule has 0 spiro atoms. The number of para-hydroxylation sites is 2. The maximum Gasteiger partial charge on any atom is 0.227 e. The second-order valence-electron chi connectivity index (χ2n) is 34.2. The van der Waals surface area contributed by atoms with Gasteiger partial charge < -0.3 is 27.9 Å². The number of pyridine rings is 1. The number of hydrogen-bond acceptors (Lipinski definition) is 12. The molecule has 6 aromatic heterocycles. The smallest absolute Gasteiger partial charge is 0.227 e. The molecule has 0 saturated carbocycles. The standard InChI is InChI=1S/C44H27N3O2.C40H25N3S2.C39H27N3/c1-2-8-33-24-39(20-13-28(33)5-1)47(38-18-14-30(15-19-38)44-46-41-26-42-40(45-27-48-42)25-43(41)49-44)37-16-11-29(12-17-37)34-9-10-35-21-31-6-3-4-7-32(31)22-36(35)23-34;1-2-8-33(9-3-1)43(35-18-14-27(15-19-35)40-42-37-24-38-36(41-25-44-38)23-39(37)45-40)34-16-12-26(13-17-34)30-10-11-31-20-28-6-4-5-7-29(28)21-32(31)22-30;1-2-10-35(11-3-1)42(37-21-17-29(18-22-37)38-27-41-23-7-6-12-39(41)40-38)36-19-15-28(16-20-36)32-13-14-33-24-30-8-4-5-9-31(30)25-34(33)26-32/h1-27H;1-25H;1-27H. The van der Waals surface area contributed by atoms with Gasteiger partial charge in [0.1, 0.15) is 21.7 Å². The van der Waals surface area contributed by atoms with Crippen LogP contribution in [-0.2, 0) is 0 Å². The maximum atomic E-state index is 6.15. The number of rotatable bonds is 15. The molecule has 0 N–H and O–H groups in total. The van der Waals surface area contributed by atoms with Crippen molar-refractivity contribution < 1.29 is 8.83 Å². The Bertz CT molecular complexity index is 9050. The summed E-state index contributed by atoms with van der Waals surface area (Å²) in [6.45, 7) is 0. The SMILES string of the molecule is c1ccc(N(c2ccc(-c3ccc4cc5ccccc5cc4c3)cc2)c2ccc(-c3cn4ccccc4n3)cc2)cc1.c1ccc(N(c2ccc(-c3ccc4cc5ccccc5cc4c3)cc2)c2ccc(-c3nc4cc5scnc5cc4s3)cc2)cc1.c1ccc2cc(N(c3ccc(-c4ccc5cc6ccccc6cc5c4)cc3)c3ccc(-c4nc5cc6ocnc6cc5o4)cc3)ccc2c1. The third kappa shape index (κ3) is 15.7. The van der Waals surface area contributed by atoms with Crippen LogP contribution in [0.25, 0.3) is 190 Å². The van der Waals surface area contributed by atoms with E-state index in [1.807, 2.05) is 42.0 Å². The Kier molecular flexibility index (Phi) is 20.4. The molecule has 0 aliphatic heterocycles. The number of fused-ring (bicyclic) bond motifs is 12. The summed E-state index contributed by atoms with van der Waals surface area (Å²) in [5.74, 6) is 0.555. The topological polar surface area (TPSA) is 105 Å². The molecule has 640 valence electrons. The highest BCUT2D eigenvalue weighted by atomic mass is 32.1. The molecule has 27 rings (SSSR count). The van der Waals surface area contributed by atoms with Crippen molar-refractivity contribution in [3.05, 3.63) is 479 Å². The molecule has 0 fully saturated rings. The number of imidazole rings is 1. The van der Waals surface area contributed by atoms with Crippen LogP contribution in [0.15, 0.2) is 488 Å². The minimum Gasteiger partial charge on any atom is -0.443 e. The van der Waals surface area contributed by atoms with Crippen LogP contribution in [0.3, 0.4) is 0 Å².